The van der Waals surface area contributed by atoms with E-state index in [1.807, 2.05) is 61.5 Å². The van der Waals surface area contributed by atoms with Gasteiger partial charge in [0.1, 0.15) is 5.69 Å². The van der Waals surface area contributed by atoms with Gasteiger partial charge in [0.15, 0.2) is 11.1 Å². The summed E-state index contributed by atoms with van der Waals surface area (Å²) >= 11 is 6.29. The first-order chi connectivity index (χ1) is 15.0. The highest BCUT2D eigenvalue weighted by Gasteiger charge is 2.55. The number of rotatable bonds is 1. The molecule has 0 saturated carbocycles. The average molecular weight is 428 g/mol. The summed E-state index contributed by atoms with van der Waals surface area (Å²) < 4.78 is 0. The van der Waals surface area contributed by atoms with E-state index in [2.05, 4.69) is 10.3 Å². The number of amides is 1. The largest absolute Gasteiger partial charge is 0.355 e. The Morgan fingerprint density at radius 2 is 1.74 bits per heavy atom. The molecule has 1 atom stereocenters. The van der Waals surface area contributed by atoms with Gasteiger partial charge in [0.2, 0.25) is 0 Å². The lowest BCUT2D eigenvalue weighted by Gasteiger charge is -2.44. The van der Waals surface area contributed by atoms with Gasteiger partial charge in [0, 0.05) is 21.7 Å². The standard InChI is InChI=1S/C25H18ClN3O2/c1-14-11-17(26)12-18-21(14)27-22-20(23(18)30)25(16-8-3-2-4-9-16)28-19-10-6-5-7-15(19)13-29(25)24(22)31/h2-12,28H,13H2,1H3,(H,27,30). The molecule has 0 radical (unpaired) electrons. The highest BCUT2D eigenvalue weighted by molar-refractivity contribution is 6.31. The van der Waals surface area contributed by atoms with Gasteiger partial charge < -0.3 is 15.2 Å². The Morgan fingerprint density at radius 1 is 1.00 bits per heavy atom. The van der Waals surface area contributed by atoms with Crippen molar-refractivity contribution in [1.82, 2.24) is 9.88 Å². The number of hydrogen-bond donors (Lipinski definition) is 2. The highest BCUT2D eigenvalue weighted by atomic mass is 35.5. The number of anilines is 1. The molecule has 5 nitrogen and oxygen atoms in total. The third-order valence-electron chi connectivity index (χ3n) is 6.35. The molecule has 1 unspecified atom stereocenters. The van der Waals surface area contributed by atoms with E-state index < -0.39 is 5.66 Å². The molecule has 1 amide bonds. The van der Waals surface area contributed by atoms with Crippen molar-refractivity contribution >= 4 is 34.1 Å². The van der Waals surface area contributed by atoms with Gasteiger partial charge in [-0.05, 0) is 36.2 Å². The van der Waals surface area contributed by atoms with Crippen molar-refractivity contribution < 1.29 is 4.79 Å². The number of aryl methyl sites for hydroxylation is 1. The van der Waals surface area contributed by atoms with Crippen LogP contribution in [-0.4, -0.2) is 15.8 Å². The van der Waals surface area contributed by atoms with Gasteiger partial charge in [-0.1, -0.05) is 60.1 Å². The zero-order valence-corrected chi connectivity index (χ0v) is 17.5. The minimum atomic E-state index is -1.10. The van der Waals surface area contributed by atoms with Crippen LogP contribution in [0, 0.1) is 6.92 Å². The smallest absolute Gasteiger partial charge is 0.273 e. The summed E-state index contributed by atoms with van der Waals surface area (Å²) in [6, 6.07) is 21.0. The van der Waals surface area contributed by atoms with Gasteiger partial charge in [-0.3, -0.25) is 9.59 Å². The molecule has 1 aromatic heterocycles. The molecule has 3 heterocycles. The topological polar surface area (TPSA) is 65.2 Å². The van der Waals surface area contributed by atoms with Gasteiger partial charge >= 0.3 is 0 Å². The van der Waals surface area contributed by atoms with Crippen LogP contribution in [0.1, 0.15) is 32.7 Å². The zero-order valence-electron chi connectivity index (χ0n) is 16.7. The van der Waals surface area contributed by atoms with E-state index >= 15 is 0 Å². The molecular formula is C25H18ClN3O2. The van der Waals surface area contributed by atoms with Crippen molar-refractivity contribution in [2.75, 3.05) is 5.32 Å². The predicted octanol–water partition coefficient (Wildman–Crippen LogP) is 4.77. The zero-order chi connectivity index (χ0) is 21.3. The minimum absolute atomic E-state index is 0.194. The fourth-order valence-electron chi connectivity index (χ4n) is 4.97. The average Bonchev–Trinajstić information content (AvgIpc) is 3.03. The number of pyridine rings is 1. The van der Waals surface area contributed by atoms with Gasteiger partial charge in [-0.25, -0.2) is 0 Å². The molecule has 4 aromatic rings. The van der Waals surface area contributed by atoms with Crippen LogP contribution in [0.3, 0.4) is 0 Å². The number of H-pyrrole nitrogens is 1. The van der Waals surface area contributed by atoms with E-state index in [0.29, 0.717) is 33.7 Å². The van der Waals surface area contributed by atoms with Gasteiger partial charge in [0.05, 0.1) is 17.6 Å². The van der Waals surface area contributed by atoms with Crippen molar-refractivity contribution in [1.29, 1.82) is 0 Å². The number of halogens is 1. The monoisotopic (exact) mass is 427 g/mol. The Bertz CT molecular complexity index is 1460. The quantitative estimate of drug-likeness (QED) is 0.459. The molecule has 31 heavy (non-hydrogen) atoms. The molecule has 0 spiro atoms. The number of hydrogen-bond acceptors (Lipinski definition) is 3. The summed E-state index contributed by atoms with van der Waals surface area (Å²) in [5.41, 5.74) is 3.66. The van der Waals surface area contributed by atoms with E-state index in [0.717, 1.165) is 22.4 Å². The maximum atomic E-state index is 13.9. The number of fused-ring (bicyclic) bond motifs is 5. The molecule has 6 heteroatoms. The number of aromatic amines is 1. The molecule has 0 bridgehead atoms. The van der Waals surface area contributed by atoms with Crippen molar-refractivity contribution in [3.05, 3.63) is 110 Å². The van der Waals surface area contributed by atoms with Crippen LogP contribution in [0.25, 0.3) is 10.9 Å². The summed E-state index contributed by atoms with van der Waals surface area (Å²) in [5.74, 6) is -0.200. The molecule has 0 fully saturated rings. The number of para-hydroxylation sites is 1. The van der Waals surface area contributed by atoms with Crippen molar-refractivity contribution in [2.45, 2.75) is 19.1 Å². The summed E-state index contributed by atoms with van der Waals surface area (Å²) in [5, 5.41) is 4.54. The van der Waals surface area contributed by atoms with Crippen LogP contribution in [0.2, 0.25) is 5.02 Å². The number of aromatic nitrogens is 1. The van der Waals surface area contributed by atoms with E-state index in [4.69, 9.17) is 11.6 Å². The van der Waals surface area contributed by atoms with Gasteiger partial charge in [-0.2, -0.15) is 0 Å². The number of carbonyl (C=O) groups is 1. The van der Waals surface area contributed by atoms with Crippen LogP contribution >= 0.6 is 11.6 Å². The van der Waals surface area contributed by atoms with Crippen molar-refractivity contribution in [3.63, 3.8) is 0 Å². The maximum Gasteiger partial charge on any atom is 0.273 e. The van der Waals surface area contributed by atoms with E-state index in [9.17, 15) is 9.59 Å². The van der Waals surface area contributed by atoms with Crippen LogP contribution in [-0.2, 0) is 12.2 Å². The molecule has 0 aliphatic carbocycles. The van der Waals surface area contributed by atoms with Crippen molar-refractivity contribution in [2.24, 2.45) is 0 Å². The SMILES string of the molecule is Cc1cc(Cl)cc2c(=O)c3c([nH]c12)C(=O)N1Cc2ccccc2NC31c1ccccc1. The number of benzene rings is 3. The van der Waals surface area contributed by atoms with Crippen LogP contribution in [0.5, 0.6) is 0 Å². The third kappa shape index (κ3) is 2.32. The Hall–Kier alpha value is -3.57. The summed E-state index contributed by atoms with van der Waals surface area (Å²) in [4.78, 5) is 32.6. The Morgan fingerprint density at radius 3 is 2.55 bits per heavy atom. The van der Waals surface area contributed by atoms with Crippen LogP contribution in [0.4, 0.5) is 5.69 Å². The summed E-state index contributed by atoms with van der Waals surface area (Å²) in [6.07, 6.45) is 0. The molecular weight excluding hydrogens is 410 g/mol. The van der Waals surface area contributed by atoms with Gasteiger partial charge in [-0.15, -0.1) is 0 Å². The third-order valence-corrected chi connectivity index (χ3v) is 6.57. The number of nitrogens with one attached hydrogen (secondary N) is 2. The molecule has 152 valence electrons. The molecule has 2 aliphatic rings. The van der Waals surface area contributed by atoms with Crippen LogP contribution < -0.4 is 10.7 Å². The fraction of sp³-hybridized carbons (Fsp3) is 0.120. The molecule has 3 aromatic carbocycles. The molecule has 2 aliphatic heterocycles. The lowest BCUT2D eigenvalue weighted by Crippen LogP contribution is -2.54. The molecule has 6 rings (SSSR count). The Balaban J connectivity index is 1.76. The Kier molecular flexibility index (Phi) is 3.65. The number of carbonyl (C=O) groups excluding carboxylic acids is 1. The first-order valence-electron chi connectivity index (χ1n) is 10.1. The first-order valence-corrected chi connectivity index (χ1v) is 10.5. The predicted molar refractivity (Wildman–Crippen MR) is 121 cm³/mol. The van der Waals surface area contributed by atoms with E-state index in [-0.39, 0.29) is 11.3 Å². The summed E-state index contributed by atoms with van der Waals surface area (Å²) in [6.45, 7) is 2.28. The normalized spacial score (nSPS) is 19.0. The second kappa shape index (κ2) is 6.22. The maximum absolute atomic E-state index is 13.9. The van der Waals surface area contributed by atoms with E-state index in [1.165, 1.54) is 0 Å². The van der Waals surface area contributed by atoms with Crippen molar-refractivity contribution in [3.8, 4) is 0 Å². The molecule has 2 N–H and O–H groups in total. The first kappa shape index (κ1) is 18.2. The lowest BCUT2D eigenvalue weighted by molar-refractivity contribution is 0.0624. The Labute approximate surface area is 183 Å². The van der Waals surface area contributed by atoms with E-state index in [1.54, 1.807) is 17.0 Å². The second-order valence-corrected chi connectivity index (χ2v) is 8.54. The second-order valence-electron chi connectivity index (χ2n) is 8.10. The highest BCUT2D eigenvalue weighted by Crippen LogP contribution is 2.47. The van der Waals surface area contributed by atoms with Gasteiger partial charge in [0.25, 0.3) is 5.91 Å². The minimum Gasteiger partial charge on any atom is -0.355 e. The molecule has 0 saturated heterocycles. The number of nitrogens with zero attached hydrogens (tertiary/aromatic N) is 1. The van der Waals surface area contributed by atoms with Crippen LogP contribution in [0.15, 0.2) is 71.5 Å². The lowest BCUT2D eigenvalue weighted by atomic mass is 9.88. The fourth-order valence-corrected chi connectivity index (χ4v) is 5.24. The summed E-state index contributed by atoms with van der Waals surface area (Å²) in [7, 11) is 0.